The van der Waals surface area contributed by atoms with E-state index >= 15 is 0 Å². The van der Waals surface area contributed by atoms with Crippen LogP contribution in [0.25, 0.3) is 0 Å². The van der Waals surface area contributed by atoms with Gasteiger partial charge in [0.25, 0.3) is 5.69 Å². The minimum atomic E-state index is -0.917. The van der Waals surface area contributed by atoms with Crippen molar-refractivity contribution in [2.45, 2.75) is 19.1 Å². The Bertz CT molecular complexity index is 461. The standard InChI is InChI=1S/C11H11ClFNO4/c12-8-6-10(14(15)16)7(5-9(8)13)11-17-3-1-2-4-18-11/h5-6,11H,1-4H2. The van der Waals surface area contributed by atoms with Gasteiger partial charge in [0.05, 0.1) is 28.7 Å². The Hall–Kier alpha value is -1.24. The average Bonchev–Trinajstić information content (AvgIpc) is 2.60. The molecule has 18 heavy (non-hydrogen) atoms. The molecular weight excluding hydrogens is 265 g/mol. The maximum absolute atomic E-state index is 13.4. The lowest BCUT2D eigenvalue weighted by Crippen LogP contribution is -2.10. The van der Waals surface area contributed by atoms with Crippen LogP contribution in [0, 0.1) is 15.9 Å². The zero-order valence-corrected chi connectivity index (χ0v) is 10.2. The molecule has 2 rings (SSSR count). The van der Waals surface area contributed by atoms with Crippen molar-refractivity contribution < 1.29 is 18.8 Å². The van der Waals surface area contributed by atoms with Gasteiger partial charge >= 0.3 is 0 Å². The molecule has 0 amide bonds. The van der Waals surface area contributed by atoms with Crippen LogP contribution in [0.1, 0.15) is 24.7 Å². The van der Waals surface area contributed by atoms with Crippen molar-refractivity contribution in [1.29, 1.82) is 0 Å². The zero-order valence-electron chi connectivity index (χ0n) is 9.40. The van der Waals surface area contributed by atoms with E-state index in [0.29, 0.717) is 13.2 Å². The van der Waals surface area contributed by atoms with Gasteiger partial charge in [-0.05, 0) is 18.9 Å². The molecule has 1 aromatic carbocycles. The third-order valence-corrected chi connectivity index (χ3v) is 2.89. The zero-order chi connectivity index (χ0) is 13.1. The van der Waals surface area contributed by atoms with Crippen molar-refractivity contribution in [3.05, 3.63) is 38.7 Å². The highest BCUT2D eigenvalue weighted by Gasteiger charge is 2.27. The first-order valence-electron chi connectivity index (χ1n) is 5.46. The number of hydrogen-bond donors (Lipinski definition) is 0. The summed E-state index contributed by atoms with van der Waals surface area (Å²) in [4.78, 5) is 10.3. The Morgan fingerprint density at radius 1 is 1.33 bits per heavy atom. The van der Waals surface area contributed by atoms with Gasteiger partial charge < -0.3 is 9.47 Å². The Labute approximate surface area is 108 Å². The molecule has 1 aromatic rings. The third kappa shape index (κ3) is 2.77. The van der Waals surface area contributed by atoms with E-state index in [9.17, 15) is 14.5 Å². The predicted molar refractivity (Wildman–Crippen MR) is 61.9 cm³/mol. The number of rotatable bonds is 2. The van der Waals surface area contributed by atoms with Crippen LogP contribution in [-0.4, -0.2) is 18.1 Å². The molecule has 0 aromatic heterocycles. The molecule has 0 aliphatic carbocycles. The number of nitro benzene ring substituents is 1. The van der Waals surface area contributed by atoms with Gasteiger partial charge in [-0.15, -0.1) is 0 Å². The van der Waals surface area contributed by atoms with Gasteiger partial charge in [0.1, 0.15) is 5.82 Å². The van der Waals surface area contributed by atoms with Crippen molar-refractivity contribution in [3.8, 4) is 0 Å². The summed E-state index contributed by atoms with van der Waals surface area (Å²) in [7, 11) is 0. The molecule has 1 heterocycles. The van der Waals surface area contributed by atoms with E-state index in [1.54, 1.807) is 0 Å². The molecule has 0 N–H and O–H groups in total. The predicted octanol–water partition coefficient (Wildman–Crippen LogP) is 3.21. The molecule has 0 radical (unpaired) electrons. The molecule has 0 atom stereocenters. The van der Waals surface area contributed by atoms with Crippen molar-refractivity contribution in [1.82, 2.24) is 0 Å². The molecule has 1 aliphatic heterocycles. The Morgan fingerprint density at radius 3 is 2.50 bits per heavy atom. The fourth-order valence-corrected chi connectivity index (χ4v) is 1.87. The molecular formula is C11H11ClFNO4. The number of hydrogen-bond acceptors (Lipinski definition) is 4. The van der Waals surface area contributed by atoms with E-state index in [0.717, 1.165) is 25.0 Å². The number of benzene rings is 1. The smallest absolute Gasteiger partial charge is 0.279 e. The maximum atomic E-state index is 13.4. The van der Waals surface area contributed by atoms with Gasteiger partial charge in [0.2, 0.25) is 0 Å². The molecule has 0 saturated carbocycles. The van der Waals surface area contributed by atoms with Gasteiger partial charge in [-0.3, -0.25) is 10.1 Å². The van der Waals surface area contributed by atoms with E-state index in [2.05, 4.69) is 0 Å². The summed E-state index contributed by atoms with van der Waals surface area (Å²) in [5.41, 5.74) is -0.239. The highest BCUT2D eigenvalue weighted by molar-refractivity contribution is 6.31. The molecule has 0 bridgehead atoms. The van der Waals surface area contributed by atoms with Crippen LogP contribution in [0.4, 0.5) is 10.1 Å². The average molecular weight is 276 g/mol. The van der Waals surface area contributed by atoms with Crippen molar-refractivity contribution in [3.63, 3.8) is 0 Å². The SMILES string of the molecule is O=[N+]([O-])c1cc(Cl)c(F)cc1C1OCCCCO1. The lowest BCUT2D eigenvalue weighted by Gasteiger charge is -2.16. The Kier molecular flexibility index (Phi) is 4.11. The lowest BCUT2D eigenvalue weighted by molar-refractivity contribution is -0.387. The van der Waals surface area contributed by atoms with Crippen LogP contribution < -0.4 is 0 Å². The Morgan fingerprint density at radius 2 is 1.94 bits per heavy atom. The number of nitrogens with zero attached hydrogens (tertiary/aromatic N) is 1. The van der Waals surface area contributed by atoms with Gasteiger partial charge in [-0.25, -0.2) is 4.39 Å². The second-order valence-corrected chi connectivity index (χ2v) is 4.27. The Balaban J connectivity index is 2.40. The van der Waals surface area contributed by atoms with Gasteiger partial charge in [0.15, 0.2) is 6.29 Å². The first-order valence-corrected chi connectivity index (χ1v) is 5.84. The van der Waals surface area contributed by atoms with E-state index in [-0.39, 0.29) is 16.3 Å². The normalized spacial score (nSPS) is 17.4. The van der Waals surface area contributed by atoms with E-state index < -0.39 is 17.0 Å². The van der Waals surface area contributed by atoms with Crippen molar-refractivity contribution in [2.24, 2.45) is 0 Å². The first kappa shape index (κ1) is 13.2. The van der Waals surface area contributed by atoms with Gasteiger partial charge in [-0.2, -0.15) is 0 Å². The van der Waals surface area contributed by atoms with Crippen LogP contribution in [0.15, 0.2) is 12.1 Å². The monoisotopic (exact) mass is 275 g/mol. The first-order chi connectivity index (χ1) is 8.59. The summed E-state index contributed by atoms with van der Waals surface area (Å²) in [6, 6.07) is 1.97. The molecule has 1 fully saturated rings. The summed E-state index contributed by atoms with van der Waals surface area (Å²) in [6.45, 7) is 0.845. The minimum absolute atomic E-state index is 0.0591. The van der Waals surface area contributed by atoms with Crippen LogP contribution >= 0.6 is 11.6 Å². The number of halogens is 2. The molecule has 5 nitrogen and oxygen atoms in total. The number of nitro groups is 1. The van der Waals surface area contributed by atoms with Gasteiger partial charge in [0, 0.05) is 6.07 Å². The second kappa shape index (κ2) is 5.60. The van der Waals surface area contributed by atoms with Crippen molar-refractivity contribution >= 4 is 17.3 Å². The molecule has 1 saturated heterocycles. The molecule has 7 heteroatoms. The summed E-state index contributed by atoms with van der Waals surface area (Å²) >= 11 is 5.54. The summed E-state index contributed by atoms with van der Waals surface area (Å²) in [6.07, 6.45) is 0.695. The van der Waals surface area contributed by atoms with Crippen LogP contribution in [0.5, 0.6) is 0 Å². The number of ether oxygens (including phenoxy) is 2. The lowest BCUT2D eigenvalue weighted by atomic mass is 10.1. The van der Waals surface area contributed by atoms with E-state index in [1.807, 2.05) is 0 Å². The maximum Gasteiger partial charge on any atom is 0.279 e. The fourth-order valence-electron chi connectivity index (χ4n) is 1.71. The highest BCUT2D eigenvalue weighted by Crippen LogP contribution is 2.33. The molecule has 0 spiro atoms. The molecule has 1 aliphatic rings. The van der Waals surface area contributed by atoms with Crippen LogP contribution in [-0.2, 0) is 9.47 Å². The largest absolute Gasteiger partial charge is 0.348 e. The fraction of sp³-hybridized carbons (Fsp3) is 0.455. The molecule has 0 unspecified atom stereocenters. The van der Waals surface area contributed by atoms with Crippen LogP contribution in [0.3, 0.4) is 0 Å². The van der Waals surface area contributed by atoms with E-state index in [4.69, 9.17) is 21.1 Å². The van der Waals surface area contributed by atoms with E-state index in [1.165, 1.54) is 0 Å². The minimum Gasteiger partial charge on any atom is -0.348 e. The van der Waals surface area contributed by atoms with Crippen molar-refractivity contribution in [2.75, 3.05) is 13.2 Å². The third-order valence-electron chi connectivity index (χ3n) is 2.60. The summed E-state index contributed by atoms with van der Waals surface area (Å²) in [5, 5.41) is 10.6. The quantitative estimate of drug-likeness (QED) is 0.614. The summed E-state index contributed by atoms with van der Waals surface area (Å²) in [5.74, 6) is -0.728. The topological polar surface area (TPSA) is 61.6 Å². The second-order valence-electron chi connectivity index (χ2n) is 3.86. The summed E-state index contributed by atoms with van der Waals surface area (Å²) < 4.78 is 24.1. The van der Waals surface area contributed by atoms with Crippen LogP contribution in [0.2, 0.25) is 5.02 Å². The highest BCUT2D eigenvalue weighted by atomic mass is 35.5. The molecule has 98 valence electrons. The van der Waals surface area contributed by atoms with Gasteiger partial charge in [-0.1, -0.05) is 11.6 Å².